The lowest BCUT2D eigenvalue weighted by atomic mass is 10.1. The summed E-state index contributed by atoms with van der Waals surface area (Å²) in [5, 5.41) is 12.6. The van der Waals surface area contributed by atoms with Crippen molar-refractivity contribution < 1.29 is 37.9 Å². The predicted molar refractivity (Wildman–Crippen MR) is 206 cm³/mol. The van der Waals surface area contributed by atoms with E-state index in [-0.39, 0.29) is 32.1 Å². The van der Waals surface area contributed by atoms with E-state index in [4.69, 9.17) is 13.8 Å². The van der Waals surface area contributed by atoms with Gasteiger partial charge in [0.25, 0.3) is 0 Å². The highest BCUT2D eigenvalue weighted by Gasteiger charge is 2.23. The summed E-state index contributed by atoms with van der Waals surface area (Å²) in [5.74, 6) is -0.514. The molecule has 0 bridgehead atoms. The molecule has 10 heteroatoms. The molecule has 0 heterocycles. The van der Waals surface area contributed by atoms with Gasteiger partial charge in [-0.15, -0.1) is 0 Å². The van der Waals surface area contributed by atoms with Gasteiger partial charge in [0, 0.05) is 19.4 Å². The number of amides is 1. The number of phosphoric acid groups is 1. The Balaban J connectivity index is 3.56. The zero-order chi connectivity index (χ0) is 36.8. The van der Waals surface area contributed by atoms with Crippen LogP contribution in [0, 0.1) is 0 Å². The third kappa shape index (κ3) is 38.0. The lowest BCUT2D eigenvalue weighted by Gasteiger charge is -2.15. The maximum atomic E-state index is 12.1. The van der Waals surface area contributed by atoms with Gasteiger partial charge in [0.05, 0.1) is 13.2 Å². The highest BCUT2D eigenvalue weighted by molar-refractivity contribution is 7.47. The van der Waals surface area contributed by atoms with E-state index in [1.165, 1.54) is 135 Å². The molecule has 0 aliphatic carbocycles. The Bertz CT molecular complexity index is 840. The minimum absolute atomic E-state index is 0.0841. The lowest BCUT2D eigenvalue weighted by Crippen LogP contribution is -2.27. The molecule has 0 fully saturated rings. The van der Waals surface area contributed by atoms with Gasteiger partial charge in [-0.05, 0) is 38.5 Å². The van der Waals surface area contributed by atoms with Crippen molar-refractivity contribution in [3.05, 3.63) is 12.2 Å². The van der Waals surface area contributed by atoms with Crippen molar-refractivity contribution in [1.29, 1.82) is 0 Å². The van der Waals surface area contributed by atoms with Gasteiger partial charge < -0.3 is 20.1 Å². The molecule has 0 aromatic carbocycles. The molecule has 2 unspecified atom stereocenters. The quantitative estimate of drug-likeness (QED) is 0.0246. The number of hydrogen-bond donors (Lipinski definition) is 3. The average molecular weight is 732 g/mol. The molecule has 1 amide bonds. The van der Waals surface area contributed by atoms with E-state index in [9.17, 15) is 24.2 Å². The molecule has 296 valence electrons. The van der Waals surface area contributed by atoms with Gasteiger partial charge in [-0.1, -0.05) is 161 Å². The Hall–Kier alpha value is -1.25. The van der Waals surface area contributed by atoms with Crippen LogP contribution in [0.4, 0.5) is 0 Å². The van der Waals surface area contributed by atoms with Gasteiger partial charge in [0.15, 0.2) is 0 Å². The first kappa shape index (κ1) is 48.8. The average Bonchev–Trinajstić information content (AvgIpc) is 3.10. The summed E-state index contributed by atoms with van der Waals surface area (Å²) >= 11 is 0. The molecule has 0 saturated carbocycles. The molecular weight excluding hydrogens is 653 g/mol. The van der Waals surface area contributed by atoms with E-state index in [0.29, 0.717) is 6.42 Å². The van der Waals surface area contributed by atoms with E-state index in [0.717, 1.165) is 38.5 Å². The highest BCUT2D eigenvalue weighted by Crippen LogP contribution is 2.42. The molecule has 0 spiro atoms. The topological polar surface area (TPSA) is 131 Å². The molecule has 3 N–H and O–H groups in total. The van der Waals surface area contributed by atoms with Crippen LogP contribution in [0.5, 0.6) is 0 Å². The maximum absolute atomic E-state index is 12.1. The number of esters is 1. The minimum atomic E-state index is -4.41. The first-order valence-corrected chi connectivity index (χ1v) is 22.2. The summed E-state index contributed by atoms with van der Waals surface area (Å²) in [4.78, 5) is 33.8. The third-order valence-electron chi connectivity index (χ3n) is 8.95. The van der Waals surface area contributed by atoms with Crippen LogP contribution in [-0.4, -0.2) is 54.3 Å². The number of aliphatic hydroxyl groups excluding tert-OH is 1. The van der Waals surface area contributed by atoms with Crippen molar-refractivity contribution in [2.75, 3.05) is 26.4 Å². The van der Waals surface area contributed by atoms with Crippen molar-refractivity contribution >= 4 is 19.7 Å². The summed E-state index contributed by atoms with van der Waals surface area (Å²) in [5.41, 5.74) is 0. The monoisotopic (exact) mass is 732 g/mol. The Kier molecular flexibility index (Phi) is 36.6. The van der Waals surface area contributed by atoms with E-state index < -0.39 is 26.5 Å². The summed E-state index contributed by atoms with van der Waals surface area (Å²) < 4.78 is 26.8. The molecule has 0 aliphatic rings. The number of carbonyl (C=O) groups is 2. The van der Waals surface area contributed by atoms with Crippen molar-refractivity contribution in [1.82, 2.24) is 5.32 Å². The van der Waals surface area contributed by atoms with Crippen LogP contribution in [0.3, 0.4) is 0 Å². The SMILES string of the molecule is CCCCCCCC/C=C/CCCCCCCCCCCC(=O)NCCOP(=O)(O)OCC(O)COC(=O)CCCCCCCCCCCC. The van der Waals surface area contributed by atoms with E-state index in [1.807, 2.05) is 0 Å². The van der Waals surface area contributed by atoms with Crippen LogP contribution >= 0.6 is 7.82 Å². The molecule has 9 nitrogen and oxygen atoms in total. The van der Waals surface area contributed by atoms with Crippen LogP contribution in [0.1, 0.15) is 200 Å². The predicted octanol–water partition coefficient (Wildman–Crippen LogP) is 11.0. The fraction of sp³-hybridized carbons (Fsp3) is 0.900. The van der Waals surface area contributed by atoms with E-state index in [2.05, 4.69) is 31.3 Å². The normalized spacial score (nSPS) is 13.4. The van der Waals surface area contributed by atoms with Gasteiger partial charge in [0.2, 0.25) is 5.91 Å². The summed E-state index contributed by atoms with van der Waals surface area (Å²) in [6, 6.07) is 0. The second kappa shape index (κ2) is 37.5. The van der Waals surface area contributed by atoms with E-state index in [1.54, 1.807) is 0 Å². The smallest absolute Gasteiger partial charge is 0.463 e. The number of carbonyl (C=O) groups excluding carboxylic acids is 2. The molecule has 50 heavy (non-hydrogen) atoms. The molecule has 0 rings (SSSR count). The van der Waals surface area contributed by atoms with Crippen LogP contribution in [0.15, 0.2) is 12.2 Å². The number of ether oxygens (including phenoxy) is 1. The van der Waals surface area contributed by atoms with Crippen LogP contribution in [0.25, 0.3) is 0 Å². The van der Waals surface area contributed by atoms with Gasteiger partial charge >= 0.3 is 13.8 Å². The first-order valence-electron chi connectivity index (χ1n) is 20.7. The van der Waals surface area contributed by atoms with Crippen LogP contribution in [0.2, 0.25) is 0 Å². The van der Waals surface area contributed by atoms with E-state index >= 15 is 0 Å². The second-order valence-electron chi connectivity index (χ2n) is 14.0. The summed E-state index contributed by atoms with van der Waals surface area (Å²) in [6.45, 7) is 3.54. The van der Waals surface area contributed by atoms with Gasteiger partial charge in [-0.2, -0.15) is 0 Å². The Morgan fingerprint density at radius 3 is 1.50 bits per heavy atom. The zero-order valence-electron chi connectivity index (χ0n) is 32.4. The summed E-state index contributed by atoms with van der Waals surface area (Å²) in [7, 11) is -4.41. The molecule has 2 atom stereocenters. The number of phosphoric ester groups is 1. The maximum Gasteiger partial charge on any atom is 0.472 e. The number of rotatable bonds is 39. The summed E-state index contributed by atoms with van der Waals surface area (Å²) in [6.07, 6.45) is 37.2. The molecule has 0 radical (unpaired) electrons. The van der Waals surface area contributed by atoms with Crippen LogP contribution in [-0.2, 0) is 27.9 Å². The van der Waals surface area contributed by atoms with Gasteiger partial charge in [-0.25, -0.2) is 4.57 Å². The number of nitrogens with one attached hydrogen (secondary N) is 1. The van der Waals surface area contributed by atoms with Gasteiger partial charge in [-0.3, -0.25) is 18.6 Å². The minimum Gasteiger partial charge on any atom is -0.463 e. The number of aliphatic hydroxyl groups is 1. The Morgan fingerprint density at radius 2 is 1.02 bits per heavy atom. The molecule has 0 aromatic heterocycles. The Morgan fingerprint density at radius 1 is 0.600 bits per heavy atom. The standard InChI is InChI=1S/C40H78NO8P/c1-3-5-7-9-11-13-15-16-17-18-19-20-21-22-23-24-26-28-30-32-39(43)41-34-35-48-50(45,46)49-37-38(42)36-47-40(44)33-31-29-27-25-14-12-10-8-6-4-2/h16-17,38,42H,3-15,18-37H2,1-2H3,(H,41,43)(H,45,46)/b17-16+. The zero-order valence-corrected chi connectivity index (χ0v) is 33.3. The van der Waals surface area contributed by atoms with Crippen molar-refractivity contribution in [3.8, 4) is 0 Å². The molecule has 0 aromatic rings. The van der Waals surface area contributed by atoms with Crippen molar-refractivity contribution in [2.24, 2.45) is 0 Å². The van der Waals surface area contributed by atoms with Crippen LogP contribution < -0.4 is 5.32 Å². The van der Waals surface area contributed by atoms with Gasteiger partial charge in [0.1, 0.15) is 12.7 Å². The Labute approximate surface area is 307 Å². The lowest BCUT2D eigenvalue weighted by molar-refractivity contribution is -0.147. The molecule has 0 saturated heterocycles. The number of allylic oxidation sites excluding steroid dienone is 2. The molecule has 0 aliphatic heterocycles. The highest BCUT2D eigenvalue weighted by atomic mass is 31.2. The third-order valence-corrected chi connectivity index (χ3v) is 9.93. The fourth-order valence-electron chi connectivity index (χ4n) is 5.79. The number of hydrogen-bond acceptors (Lipinski definition) is 7. The second-order valence-corrected chi connectivity index (χ2v) is 15.4. The molecular formula is C40H78NO8P. The first-order chi connectivity index (χ1) is 24.3. The van der Waals surface area contributed by atoms with Crippen molar-refractivity contribution in [2.45, 2.75) is 206 Å². The largest absolute Gasteiger partial charge is 0.472 e. The number of unbranched alkanes of at least 4 members (excludes halogenated alkanes) is 24. The fourth-order valence-corrected chi connectivity index (χ4v) is 6.54. The van der Waals surface area contributed by atoms with Crippen molar-refractivity contribution in [3.63, 3.8) is 0 Å².